The molecule has 0 fully saturated rings. The van der Waals surface area contributed by atoms with E-state index in [0.717, 1.165) is 0 Å². The molecule has 0 N–H and O–H groups in total. The Labute approximate surface area is 156 Å². The standard InChI is InChI=1S/C16H25IN2O5/c1-6-23-15(21)14-12(17)9-18-19(14)11(10-22-5)7-8-13(20)24-16(2,3)4/h9,11H,6-8,10H2,1-5H3. The van der Waals surface area contributed by atoms with Crippen LogP contribution in [0.5, 0.6) is 0 Å². The molecule has 0 radical (unpaired) electrons. The average molecular weight is 452 g/mol. The summed E-state index contributed by atoms with van der Waals surface area (Å²) in [6, 6.07) is -0.259. The molecule has 1 rings (SSSR count). The van der Waals surface area contributed by atoms with Crippen LogP contribution in [0, 0.1) is 3.57 Å². The minimum absolute atomic E-state index is 0.212. The predicted octanol–water partition coefficient (Wildman–Crippen LogP) is 2.97. The molecule has 0 bridgehead atoms. The van der Waals surface area contributed by atoms with Gasteiger partial charge in [0.15, 0.2) is 5.69 Å². The lowest BCUT2D eigenvalue weighted by atomic mass is 10.1. The smallest absolute Gasteiger partial charge is 0.357 e. The highest BCUT2D eigenvalue weighted by Gasteiger charge is 2.25. The van der Waals surface area contributed by atoms with Crippen molar-refractivity contribution < 1.29 is 23.8 Å². The highest BCUT2D eigenvalue weighted by molar-refractivity contribution is 14.1. The third kappa shape index (κ3) is 6.39. The van der Waals surface area contributed by atoms with Crippen LogP contribution in [0.15, 0.2) is 6.20 Å². The maximum absolute atomic E-state index is 12.2. The topological polar surface area (TPSA) is 79.7 Å². The number of hydrogen-bond donors (Lipinski definition) is 0. The van der Waals surface area contributed by atoms with Crippen molar-refractivity contribution in [3.05, 3.63) is 15.5 Å². The van der Waals surface area contributed by atoms with Gasteiger partial charge in [0.1, 0.15) is 5.60 Å². The van der Waals surface area contributed by atoms with Crippen molar-refractivity contribution in [2.45, 2.75) is 52.2 Å². The van der Waals surface area contributed by atoms with E-state index in [-0.39, 0.29) is 25.0 Å². The van der Waals surface area contributed by atoms with Crippen molar-refractivity contribution in [2.24, 2.45) is 0 Å². The zero-order valence-corrected chi connectivity index (χ0v) is 17.0. The van der Waals surface area contributed by atoms with Crippen LogP contribution >= 0.6 is 22.6 Å². The Kier molecular flexibility index (Phi) is 8.14. The molecule has 0 spiro atoms. The van der Waals surface area contributed by atoms with E-state index < -0.39 is 11.6 Å². The largest absolute Gasteiger partial charge is 0.461 e. The quantitative estimate of drug-likeness (QED) is 0.446. The Morgan fingerprint density at radius 3 is 2.58 bits per heavy atom. The maximum atomic E-state index is 12.2. The Balaban J connectivity index is 2.89. The Bertz CT molecular complexity index is 565. The molecule has 0 amide bonds. The second-order valence-corrected chi connectivity index (χ2v) is 7.40. The van der Waals surface area contributed by atoms with Crippen molar-refractivity contribution in [3.63, 3.8) is 0 Å². The normalized spacial score (nSPS) is 12.8. The second-order valence-electron chi connectivity index (χ2n) is 6.24. The lowest BCUT2D eigenvalue weighted by Crippen LogP contribution is -2.26. The highest BCUT2D eigenvalue weighted by atomic mass is 127. The zero-order chi connectivity index (χ0) is 18.3. The Hall–Kier alpha value is -1.16. The van der Waals surface area contributed by atoms with Gasteiger partial charge in [0.05, 0.1) is 29.0 Å². The van der Waals surface area contributed by atoms with E-state index in [0.29, 0.717) is 22.3 Å². The summed E-state index contributed by atoms with van der Waals surface area (Å²) in [5, 5.41) is 4.27. The van der Waals surface area contributed by atoms with Gasteiger partial charge in [-0.3, -0.25) is 9.48 Å². The Morgan fingerprint density at radius 1 is 1.38 bits per heavy atom. The molecule has 0 aliphatic rings. The number of methoxy groups -OCH3 is 1. The van der Waals surface area contributed by atoms with Crippen LogP contribution in [0.3, 0.4) is 0 Å². The third-order valence-electron chi connectivity index (χ3n) is 3.03. The summed E-state index contributed by atoms with van der Waals surface area (Å²) in [5.41, 5.74) is -0.144. The number of esters is 2. The van der Waals surface area contributed by atoms with Crippen LogP contribution in [0.25, 0.3) is 0 Å². The minimum Gasteiger partial charge on any atom is -0.461 e. The van der Waals surface area contributed by atoms with E-state index in [2.05, 4.69) is 5.10 Å². The van der Waals surface area contributed by atoms with Gasteiger partial charge in [0.25, 0.3) is 0 Å². The molecular weight excluding hydrogens is 427 g/mol. The van der Waals surface area contributed by atoms with Gasteiger partial charge in [-0.15, -0.1) is 0 Å². The first-order valence-corrected chi connectivity index (χ1v) is 8.88. The van der Waals surface area contributed by atoms with Gasteiger partial charge in [-0.05, 0) is 56.7 Å². The molecule has 136 valence electrons. The van der Waals surface area contributed by atoms with Crippen LogP contribution in [0.1, 0.15) is 57.1 Å². The lowest BCUT2D eigenvalue weighted by Gasteiger charge is -2.22. The average Bonchev–Trinajstić information content (AvgIpc) is 2.83. The highest BCUT2D eigenvalue weighted by Crippen LogP contribution is 2.22. The molecule has 1 atom stereocenters. The van der Waals surface area contributed by atoms with E-state index >= 15 is 0 Å². The summed E-state index contributed by atoms with van der Waals surface area (Å²) < 4.78 is 17.9. The van der Waals surface area contributed by atoms with Gasteiger partial charge in [0.2, 0.25) is 0 Å². The molecule has 8 heteroatoms. The monoisotopic (exact) mass is 452 g/mol. The molecule has 0 saturated carbocycles. The molecule has 0 aliphatic heterocycles. The zero-order valence-electron chi connectivity index (χ0n) is 14.8. The van der Waals surface area contributed by atoms with Crippen molar-refractivity contribution in [1.29, 1.82) is 0 Å². The number of rotatable bonds is 8. The van der Waals surface area contributed by atoms with Crippen LogP contribution < -0.4 is 0 Å². The van der Waals surface area contributed by atoms with Crippen LogP contribution in [0.4, 0.5) is 0 Å². The Morgan fingerprint density at radius 2 is 2.04 bits per heavy atom. The predicted molar refractivity (Wildman–Crippen MR) is 96.9 cm³/mol. The van der Waals surface area contributed by atoms with Crippen molar-refractivity contribution in [3.8, 4) is 0 Å². The number of nitrogens with zero attached hydrogens (tertiary/aromatic N) is 2. The molecule has 0 saturated heterocycles. The number of hydrogen-bond acceptors (Lipinski definition) is 6. The van der Waals surface area contributed by atoms with Gasteiger partial charge < -0.3 is 14.2 Å². The van der Waals surface area contributed by atoms with Gasteiger partial charge in [-0.25, -0.2) is 4.79 Å². The molecule has 24 heavy (non-hydrogen) atoms. The fraction of sp³-hybridized carbons (Fsp3) is 0.688. The number of halogens is 1. The van der Waals surface area contributed by atoms with Crippen LogP contribution in [0.2, 0.25) is 0 Å². The summed E-state index contributed by atoms with van der Waals surface area (Å²) in [6.45, 7) is 7.84. The number of carbonyl (C=O) groups is 2. The fourth-order valence-corrected chi connectivity index (χ4v) is 2.75. The van der Waals surface area contributed by atoms with E-state index in [9.17, 15) is 9.59 Å². The van der Waals surface area contributed by atoms with E-state index in [1.54, 1.807) is 24.9 Å². The van der Waals surface area contributed by atoms with Gasteiger partial charge in [-0.2, -0.15) is 5.10 Å². The second kappa shape index (κ2) is 9.36. The number of carbonyl (C=O) groups excluding carboxylic acids is 2. The van der Waals surface area contributed by atoms with E-state index in [4.69, 9.17) is 14.2 Å². The number of ether oxygens (including phenoxy) is 3. The maximum Gasteiger partial charge on any atom is 0.357 e. The summed E-state index contributed by atoms with van der Waals surface area (Å²) in [7, 11) is 1.57. The first-order chi connectivity index (χ1) is 11.2. The summed E-state index contributed by atoms with van der Waals surface area (Å²) in [4.78, 5) is 24.1. The van der Waals surface area contributed by atoms with Gasteiger partial charge in [-0.1, -0.05) is 0 Å². The SMILES string of the molecule is CCOC(=O)c1c(I)cnn1C(CCC(=O)OC(C)(C)C)COC. The van der Waals surface area contributed by atoms with E-state index in [1.165, 1.54) is 0 Å². The first-order valence-electron chi connectivity index (χ1n) is 7.80. The number of aromatic nitrogens is 2. The lowest BCUT2D eigenvalue weighted by molar-refractivity contribution is -0.155. The molecule has 0 aliphatic carbocycles. The molecule has 1 unspecified atom stereocenters. The van der Waals surface area contributed by atoms with E-state index in [1.807, 2.05) is 43.4 Å². The minimum atomic E-state index is -0.523. The van der Waals surface area contributed by atoms with Crippen LogP contribution in [-0.2, 0) is 19.0 Å². The summed E-state index contributed by atoms with van der Waals surface area (Å²) in [5.74, 6) is -0.721. The van der Waals surface area contributed by atoms with Crippen molar-refractivity contribution in [1.82, 2.24) is 9.78 Å². The molecule has 1 aromatic heterocycles. The van der Waals surface area contributed by atoms with Gasteiger partial charge in [0, 0.05) is 13.5 Å². The third-order valence-corrected chi connectivity index (χ3v) is 3.82. The first kappa shape index (κ1) is 20.9. The molecule has 7 nitrogen and oxygen atoms in total. The fourth-order valence-electron chi connectivity index (χ4n) is 2.15. The molecule has 0 aromatic carbocycles. The van der Waals surface area contributed by atoms with Gasteiger partial charge >= 0.3 is 11.9 Å². The van der Waals surface area contributed by atoms with Crippen LogP contribution in [-0.4, -0.2) is 47.6 Å². The summed E-state index contributed by atoms with van der Waals surface area (Å²) in [6.07, 6.45) is 2.26. The molecule has 1 heterocycles. The van der Waals surface area contributed by atoms with Crippen molar-refractivity contribution in [2.75, 3.05) is 20.3 Å². The molecular formula is C16H25IN2O5. The van der Waals surface area contributed by atoms with Crippen molar-refractivity contribution >= 4 is 34.5 Å². The molecule has 1 aromatic rings. The summed E-state index contributed by atoms with van der Waals surface area (Å²) >= 11 is 2.04.